The molecule has 0 spiro atoms. The van der Waals surface area contributed by atoms with Gasteiger partial charge < -0.3 is 15.0 Å². The summed E-state index contributed by atoms with van der Waals surface area (Å²) in [5, 5.41) is 2.87. The second-order valence-electron chi connectivity index (χ2n) is 6.64. The Labute approximate surface area is 163 Å². The van der Waals surface area contributed by atoms with Crippen molar-refractivity contribution in [2.45, 2.75) is 6.42 Å². The van der Waals surface area contributed by atoms with E-state index in [1.165, 1.54) is 24.3 Å². The van der Waals surface area contributed by atoms with Crippen LogP contribution in [0.15, 0.2) is 48.5 Å². The fraction of sp³-hybridized carbons (Fsp3) is 0.333. The molecule has 0 aliphatic carbocycles. The number of nitrogens with zero attached hydrogens (tertiary/aromatic N) is 2. The summed E-state index contributed by atoms with van der Waals surface area (Å²) >= 11 is 0. The summed E-state index contributed by atoms with van der Waals surface area (Å²) in [6.45, 7) is 3.21. The number of nitrogens with one attached hydrogen (secondary N) is 1. The quantitative estimate of drug-likeness (QED) is 0.830. The van der Waals surface area contributed by atoms with Crippen molar-refractivity contribution in [3.8, 4) is 5.75 Å². The molecule has 0 saturated carbocycles. The average Bonchev–Trinajstić information content (AvgIpc) is 2.73. The van der Waals surface area contributed by atoms with E-state index in [2.05, 4.69) is 10.2 Å². The van der Waals surface area contributed by atoms with Crippen LogP contribution in [0.3, 0.4) is 0 Å². The van der Waals surface area contributed by atoms with E-state index in [1.807, 2.05) is 12.1 Å². The van der Waals surface area contributed by atoms with Crippen LogP contribution in [0.25, 0.3) is 0 Å². The van der Waals surface area contributed by atoms with Crippen molar-refractivity contribution in [3.63, 3.8) is 0 Å². The number of rotatable bonds is 6. The zero-order valence-corrected chi connectivity index (χ0v) is 15.9. The molecule has 6 nitrogen and oxygen atoms in total. The Morgan fingerprint density at radius 1 is 1.04 bits per heavy atom. The molecule has 0 bridgehead atoms. The molecule has 7 heteroatoms. The monoisotopic (exact) mass is 385 g/mol. The predicted octanol–water partition coefficient (Wildman–Crippen LogP) is 2.62. The summed E-state index contributed by atoms with van der Waals surface area (Å²) in [6, 6.07) is 12.9. The molecule has 2 aromatic carbocycles. The van der Waals surface area contributed by atoms with E-state index >= 15 is 0 Å². The van der Waals surface area contributed by atoms with Crippen LogP contribution in [-0.2, 0) is 4.79 Å². The van der Waals surface area contributed by atoms with Gasteiger partial charge >= 0.3 is 0 Å². The van der Waals surface area contributed by atoms with E-state index in [0.717, 1.165) is 0 Å². The summed E-state index contributed by atoms with van der Waals surface area (Å²) in [5.41, 5.74) is 1.15. The van der Waals surface area contributed by atoms with E-state index in [9.17, 15) is 14.0 Å². The maximum Gasteiger partial charge on any atom is 0.253 e. The second-order valence-corrected chi connectivity index (χ2v) is 6.64. The van der Waals surface area contributed by atoms with Crippen molar-refractivity contribution in [2.75, 3.05) is 45.2 Å². The average molecular weight is 385 g/mol. The third kappa shape index (κ3) is 5.07. The highest BCUT2D eigenvalue weighted by molar-refractivity contribution is 5.94. The normalized spacial score (nSPS) is 14.6. The summed E-state index contributed by atoms with van der Waals surface area (Å²) < 4.78 is 18.2. The topological polar surface area (TPSA) is 61.9 Å². The first-order chi connectivity index (χ1) is 13.6. The van der Waals surface area contributed by atoms with Crippen molar-refractivity contribution in [2.24, 2.45) is 0 Å². The van der Waals surface area contributed by atoms with Crippen molar-refractivity contribution < 1.29 is 18.7 Å². The fourth-order valence-electron chi connectivity index (χ4n) is 3.17. The number of methoxy groups -OCH3 is 1. The first-order valence-corrected chi connectivity index (χ1v) is 9.27. The summed E-state index contributed by atoms with van der Waals surface area (Å²) in [4.78, 5) is 28.6. The minimum Gasteiger partial charge on any atom is -0.495 e. The number of benzene rings is 2. The molecule has 28 heavy (non-hydrogen) atoms. The van der Waals surface area contributed by atoms with Crippen molar-refractivity contribution in [3.05, 3.63) is 59.9 Å². The molecule has 1 fully saturated rings. The molecule has 1 aliphatic heterocycles. The molecule has 0 unspecified atom stereocenters. The maximum atomic E-state index is 13.0. The Morgan fingerprint density at radius 2 is 1.71 bits per heavy atom. The first-order valence-electron chi connectivity index (χ1n) is 9.27. The standard InChI is InChI=1S/C21H24FN3O3/c1-28-19-5-3-2-4-18(19)23-20(26)10-11-24-12-14-25(15-13-24)21(27)16-6-8-17(22)9-7-16/h2-9H,10-15H2,1H3,(H,23,26). The number of carbonyl (C=O) groups is 2. The van der Waals surface area contributed by atoms with Crippen molar-refractivity contribution in [1.29, 1.82) is 0 Å². The van der Waals surface area contributed by atoms with Crippen LogP contribution in [0.4, 0.5) is 10.1 Å². The number of para-hydroxylation sites is 2. The van der Waals surface area contributed by atoms with Crippen LogP contribution in [0.1, 0.15) is 16.8 Å². The second kappa shape index (κ2) is 9.32. The van der Waals surface area contributed by atoms with Crippen molar-refractivity contribution in [1.82, 2.24) is 9.80 Å². The molecule has 0 radical (unpaired) electrons. The lowest BCUT2D eigenvalue weighted by Crippen LogP contribution is -2.49. The predicted molar refractivity (Wildman–Crippen MR) is 105 cm³/mol. The molecular weight excluding hydrogens is 361 g/mol. The van der Waals surface area contributed by atoms with Gasteiger partial charge in [0, 0.05) is 44.7 Å². The highest BCUT2D eigenvalue weighted by Gasteiger charge is 2.22. The highest BCUT2D eigenvalue weighted by atomic mass is 19.1. The third-order valence-electron chi connectivity index (χ3n) is 4.79. The van der Waals surface area contributed by atoms with Crippen LogP contribution < -0.4 is 10.1 Å². The van der Waals surface area contributed by atoms with Gasteiger partial charge in [0.1, 0.15) is 11.6 Å². The minimum absolute atomic E-state index is 0.0747. The fourth-order valence-corrected chi connectivity index (χ4v) is 3.17. The van der Waals surface area contributed by atoms with Gasteiger partial charge in [0.2, 0.25) is 5.91 Å². The molecule has 0 aromatic heterocycles. The van der Waals surface area contributed by atoms with Gasteiger partial charge in [-0.25, -0.2) is 4.39 Å². The van der Waals surface area contributed by atoms with E-state index in [0.29, 0.717) is 56.1 Å². The Bertz CT molecular complexity index is 818. The Kier molecular flexibility index (Phi) is 6.60. The number of halogens is 1. The molecule has 1 heterocycles. The Hall–Kier alpha value is -2.93. The van der Waals surface area contributed by atoms with E-state index in [4.69, 9.17) is 4.74 Å². The van der Waals surface area contributed by atoms with Gasteiger partial charge in [0.15, 0.2) is 0 Å². The number of carbonyl (C=O) groups excluding carboxylic acids is 2. The maximum absolute atomic E-state index is 13.0. The largest absolute Gasteiger partial charge is 0.495 e. The molecular formula is C21H24FN3O3. The van der Waals surface area contributed by atoms with Gasteiger partial charge in [-0.1, -0.05) is 12.1 Å². The van der Waals surface area contributed by atoms with Gasteiger partial charge in [-0.2, -0.15) is 0 Å². The molecule has 1 N–H and O–H groups in total. The summed E-state index contributed by atoms with van der Waals surface area (Å²) in [5.74, 6) is 0.111. The Morgan fingerprint density at radius 3 is 2.39 bits per heavy atom. The highest BCUT2D eigenvalue weighted by Crippen LogP contribution is 2.23. The van der Waals surface area contributed by atoms with Crippen LogP contribution in [0, 0.1) is 5.82 Å². The third-order valence-corrected chi connectivity index (χ3v) is 4.79. The molecule has 1 aliphatic rings. The lowest BCUT2D eigenvalue weighted by atomic mass is 10.1. The van der Waals surface area contributed by atoms with E-state index in [-0.39, 0.29) is 17.6 Å². The number of hydrogen-bond acceptors (Lipinski definition) is 4. The lowest BCUT2D eigenvalue weighted by Gasteiger charge is -2.34. The number of anilines is 1. The molecule has 2 aromatic rings. The van der Waals surface area contributed by atoms with Crippen LogP contribution in [-0.4, -0.2) is 61.4 Å². The number of hydrogen-bond donors (Lipinski definition) is 1. The van der Waals surface area contributed by atoms with Crippen LogP contribution in [0.5, 0.6) is 5.75 Å². The Balaban J connectivity index is 1.43. The van der Waals surface area contributed by atoms with E-state index in [1.54, 1.807) is 24.1 Å². The molecule has 148 valence electrons. The smallest absolute Gasteiger partial charge is 0.253 e. The lowest BCUT2D eigenvalue weighted by molar-refractivity contribution is -0.116. The summed E-state index contributed by atoms with van der Waals surface area (Å²) in [6.07, 6.45) is 0.365. The van der Waals surface area contributed by atoms with Gasteiger partial charge in [0.05, 0.1) is 12.8 Å². The van der Waals surface area contributed by atoms with Gasteiger partial charge in [-0.15, -0.1) is 0 Å². The van der Waals surface area contributed by atoms with Gasteiger partial charge in [0.25, 0.3) is 5.91 Å². The van der Waals surface area contributed by atoms with E-state index < -0.39 is 0 Å². The molecule has 1 saturated heterocycles. The number of piperazine rings is 1. The molecule has 2 amide bonds. The summed E-state index contributed by atoms with van der Waals surface area (Å²) in [7, 11) is 1.57. The molecule has 0 atom stereocenters. The number of ether oxygens (including phenoxy) is 1. The number of amides is 2. The molecule has 3 rings (SSSR count). The van der Waals surface area contributed by atoms with Gasteiger partial charge in [-0.3, -0.25) is 14.5 Å². The SMILES string of the molecule is COc1ccccc1NC(=O)CCN1CCN(C(=O)c2ccc(F)cc2)CC1. The van der Waals surface area contributed by atoms with Gasteiger partial charge in [-0.05, 0) is 36.4 Å². The van der Waals surface area contributed by atoms with Crippen molar-refractivity contribution >= 4 is 17.5 Å². The van der Waals surface area contributed by atoms with Crippen LogP contribution >= 0.6 is 0 Å². The zero-order valence-electron chi connectivity index (χ0n) is 15.9. The van der Waals surface area contributed by atoms with Crippen LogP contribution in [0.2, 0.25) is 0 Å². The minimum atomic E-state index is -0.354. The zero-order chi connectivity index (χ0) is 19.9. The first kappa shape index (κ1) is 19.8.